The second kappa shape index (κ2) is 7.27. The van der Waals surface area contributed by atoms with E-state index in [9.17, 15) is 4.79 Å². The largest absolute Gasteiger partial charge is 0.478 e. The number of likely N-dealkylation sites (tertiary alicyclic amines) is 1. The first-order chi connectivity index (χ1) is 11.1. The van der Waals surface area contributed by atoms with Gasteiger partial charge in [-0.2, -0.15) is 0 Å². The molecule has 2 fully saturated rings. The molecule has 3 heterocycles. The molecule has 0 bridgehead atoms. The van der Waals surface area contributed by atoms with E-state index in [-0.39, 0.29) is 5.56 Å². The van der Waals surface area contributed by atoms with Gasteiger partial charge in [0.25, 0.3) is 0 Å². The van der Waals surface area contributed by atoms with Crippen molar-refractivity contribution < 1.29 is 9.90 Å². The lowest BCUT2D eigenvalue weighted by molar-refractivity contribution is 0.0696. The number of aromatic carboxylic acids is 1. The summed E-state index contributed by atoms with van der Waals surface area (Å²) >= 11 is 0. The lowest BCUT2D eigenvalue weighted by Crippen LogP contribution is -2.49. The summed E-state index contributed by atoms with van der Waals surface area (Å²) in [6.07, 6.45) is 4.08. The maximum atomic E-state index is 10.9. The number of rotatable bonds is 4. The molecule has 1 N–H and O–H groups in total. The number of hydrogen-bond acceptors (Lipinski definition) is 5. The first kappa shape index (κ1) is 16.2. The molecular weight excluding hydrogens is 292 g/mol. The Balaban J connectivity index is 1.47. The summed E-state index contributed by atoms with van der Waals surface area (Å²) in [5, 5.41) is 8.93. The predicted molar refractivity (Wildman–Crippen MR) is 90.1 cm³/mol. The Morgan fingerprint density at radius 1 is 1.17 bits per heavy atom. The quantitative estimate of drug-likeness (QED) is 0.901. The van der Waals surface area contributed by atoms with Crippen molar-refractivity contribution in [2.24, 2.45) is 5.92 Å². The second-order valence-electron chi connectivity index (χ2n) is 6.74. The van der Waals surface area contributed by atoms with Crippen molar-refractivity contribution >= 4 is 11.8 Å². The molecule has 6 nitrogen and oxygen atoms in total. The number of anilines is 1. The van der Waals surface area contributed by atoms with Crippen molar-refractivity contribution in [3.05, 3.63) is 23.9 Å². The molecule has 2 saturated heterocycles. The minimum Gasteiger partial charge on any atom is -0.478 e. The van der Waals surface area contributed by atoms with Gasteiger partial charge in [0, 0.05) is 38.9 Å². The Hall–Kier alpha value is -1.66. The molecule has 0 unspecified atom stereocenters. The van der Waals surface area contributed by atoms with Gasteiger partial charge in [-0.1, -0.05) is 0 Å². The van der Waals surface area contributed by atoms with E-state index in [4.69, 9.17) is 5.11 Å². The van der Waals surface area contributed by atoms with Crippen LogP contribution >= 0.6 is 0 Å². The first-order valence-electron chi connectivity index (χ1n) is 8.47. The van der Waals surface area contributed by atoms with Crippen molar-refractivity contribution in [3.63, 3.8) is 0 Å². The van der Waals surface area contributed by atoms with Crippen LogP contribution in [0.1, 0.15) is 23.2 Å². The SMILES string of the molecule is CN1CCC(CN2CCN(c3ccc(C(=O)O)cn3)CC2)CC1. The molecule has 0 spiro atoms. The van der Waals surface area contributed by atoms with E-state index in [2.05, 4.69) is 26.7 Å². The summed E-state index contributed by atoms with van der Waals surface area (Å²) in [5.41, 5.74) is 0.245. The highest BCUT2D eigenvalue weighted by Gasteiger charge is 2.23. The van der Waals surface area contributed by atoms with Crippen molar-refractivity contribution in [1.29, 1.82) is 0 Å². The molecule has 2 aliphatic heterocycles. The molecule has 0 saturated carbocycles. The van der Waals surface area contributed by atoms with Gasteiger partial charge in [0.2, 0.25) is 0 Å². The van der Waals surface area contributed by atoms with Gasteiger partial charge >= 0.3 is 5.97 Å². The Bertz CT molecular complexity index is 518. The number of pyridine rings is 1. The van der Waals surface area contributed by atoms with E-state index in [0.717, 1.165) is 37.9 Å². The average Bonchev–Trinajstić information content (AvgIpc) is 2.58. The van der Waals surface area contributed by atoms with E-state index in [1.807, 2.05) is 6.07 Å². The number of carboxylic acid groups (broad SMARTS) is 1. The minimum absolute atomic E-state index is 0.245. The Morgan fingerprint density at radius 2 is 1.87 bits per heavy atom. The summed E-state index contributed by atoms with van der Waals surface area (Å²) in [5.74, 6) is 0.798. The van der Waals surface area contributed by atoms with E-state index in [1.54, 1.807) is 6.07 Å². The zero-order valence-electron chi connectivity index (χ0n) is 13.8. The van der Waals surface area contributed by atoms with E-state index in [0.29, 0.717) is 0 Å². The Labute approximate surface area is 137 Å². The van der Waals surface area contributed by atoms with Crippen LogP contribution in [0.15, 0.2) is 18.3 Å². The number of aromatic nitrogens is 1. The Kier molecular flexibility index (Phi) is 5.13. The normalized spacial score (nSPS) is 21.5. The molecule has 2 aliphatic rings. The molecule has 126 valence electrons. The van der Waals surface area contributed by atoms with Gasteiger partial charge < -0.3 is 14.9 Å². The molecule has 1 aromatic heterocycles. The van der Waals surface area contributed by atoms with Crippen LogP contribution in [0.25, 0.3) is 0 Å². The number of piperazine rings is 1. The fraction of sp³-hybridized carbons (Fsp3) is 0.647. The first-order valence-corrected chi connectivity index (χ1v) is 8.47. The third kappa shape index (κ3) is 4.20. The molecule has 0 atom stereocenters. The van der Waals surface area contributed by atoms with E-state index in [1.165, 1.54) is 38.7 Å². The summed E-state index contributed by atoms with van der Waals surface area (Å²) < 4.78 is 0. The number of carbonyl (C=O) groups is 1. The lowest BCUT2D eigenvalue weighted by atomic mass is 9.96. The van der Waals surface area contributed by atoms with Gasteiger partial charge in [-0.3, -0.25) is 4.90 Å². The van der Waals surface area contributed by atoms with Gasteiger partial charge in [-0.25, -0.2) is 9.78 Å². The van der Waals surface area contributed by atoms with Gasteiger partial charge in [-0.05, 0) is 51.0 Å². The van der Waals surface area contributed by atoms with Crippen LogP contribution in [0.3, 0.4) is 0 Å². The summed E-state index contributed by atoms with van der Waals surface area (Å²) in [4.78, 5) is 22.4. The van der Waals surface area contributed by atoms with Crippen molar-refractivity contribution in [3.8, 4) is 0 Å². The zero-order valence-corrected chi connectivity index (χ0v) is 13.8. The molecule has 0 radical (unpaired) electrons. The lowest BCUT2D eigenvalue weighted by Gasteiger charge is -2.38. The number of nitrogens with zero attached hydrogens (tertiary/aromatic N) is 4. The highest BCUT2D eigenvalue weighted by Crippen LogP contribution is 2.19. The van der Waals surface area contributed by atoms with Gasteiger partial charge in [0.15, 0.2) is 0 Å². The van der Waals surface area contributed by atoms with Crippen LogP contribution < -0.4 is 4.90 Å². The topological polar surface area (TPSA) is 59.9 Å². The van der Waals surface area contributed by atoms with Gasteiger partial charge in [0.05, 0.1) is 5.56 Å². The average molecular weight is 318 g/mol. The molecule has 0 aromatic carbocycles. The Morgan fingerprint density at radius 3 is 2.43 bits per heavy atom. The molecule has 1 aromatic rings. The maximum absolute atomic E-state index is 10.9. The predicted octanol–water partition coefficient (Wildman–Crippen LogP) is 1.24. The molecule has 0 amide bonds. The van der Waals surface area contributed by atoms with Crippen LogP contribution in [-0.2, 0) is 0 Å². The zero-order chi connectivity index (χ0) is 16.2. The molecular formula is C17H26N4O2. The van der Waals surface area contributed by atoms with Crippen LogP contribution in [0.4, 0.5) is 5.82 Å². The fourth-order valence-electron chi connectivity index (χ4n) is 3.47. The highest BCUT2D eigenvalue weighted by molar-refractivity contribution is 5.87. The summed E-state index contributed by atoms with van der Waals surface area (Å²) in [6, 6.07) is 3.45. The third-order valence-corrected chi connectivity index (χ3v) is 5.05. The van der Waals surface area contributed by atoms with Crippen molar-refractivity contribution in [1.82, 2.24) is 14.8 Å². The standard InChI is InChI=1S/C17H26N4O2/c1-19-6-4-14(5-7-19)13-20-8-10-21(11-9-20)16-3-2-15(12-18-16)17(22)23/h2-3,12,14H,4-11,13H2,1H3,(H,22,23). The van der Waals surface area contributed by atoms with Gasteiger partial charge in [0.1, 0.15) is 5.82 Å². The fourth-order valence-corrected chi connectivity index (χ4v) is 3.47. The smallest absolute Gasteiger partial charge is 0.337 e. The van der Waals surface area contributed by atoms with Crippen LogP contribution in [-0.4, -0.2) is 78.7 Å². The number of piperidine rings is 1. The van der Waals surface area contributed by atoms with Crippen LogP contribution in [0.5, 0.6) is 0 Å². The third-order valence-electron chi connectivity index (χ3n) is 5.05. The molecule has 3 rings (SSSR count). The van der Waals surface area contributed by atoms with E-state index >= 15 is 0 Å². The van der Waals surface area contributed by atoms with Crippen LogP contribution in [0.2, 0.25) is 0 Å². The maximum Gasteiger partial charge on any atom is 0.337 e. The van der Waals surface area contributed by atoms with Crippen molar-refractivity contribution in [2.75, 3.05) is 57.8 Å². The van der Waals surface area contributed by atoms with Crippen molar-refractivity contribution in [2.45, 2.75) is 12.8 Å². The number of hydrogen-bond donors (Lipinski definition) is 1. The summed E-state index contributed by atoms with van der Waals surface area (Å²) in [6.45, 7) is 7.73. The summed E-state index contributed by atoms with van der Waals surface area (Å²) in [7, 11) is 2.21. The van der Waals surface area contributed by atoms with E-state index < -0.39 is 5.97 Å². The van der Waals surface area contributed by atoms with Gasteiger partial charge in [-0.15, -0.1) is 0 Å². The monoisotopic (exact) mass is 318 g/mol. The highest BCUT2D eigenvalue weighted by atomic mass is 16.4. The minimum atomic E-state index is -0.924. The molecule has 23 heavy (non-hydrogen) atoms. The number of carboxylic acids is 1. The molecule has 0 aliphatic carbocycles. The second-order valence-corrected chi connectivity index (χ2v) is 6.74. The molecule has 6 heteroatoms. The van der Waals surface area contributed by atoms with Crippen LogP contribution in [0, 0.1) is 5.92 Å².